The zero-order chi connectivity index (χ0) is 21.7. The molecular weight excluding hydrogens is 390 g/mol. The van der Waals surface area contributed by atoms with Crippen LogP contribution in [0.15, 0.2) is 35.1 Å². The van der Waals surface area contributed by atoms with E-state index < -0.39 is 11.8 Å². The molecule has 0 saturated heterocycles. The molecule has 30 heavy (non-hydrogen) atoms. The van der Waals surface area contributed by atoms with Gasteiger partial charge in [-0.25, -0.2) is 9.50 Å². The summed E-state index contributed by atoms with van der Waals surface area (Å²) in [4.78, 5) is 40.1. The average molecular weight is 413 g/mol. The van der Waals surface area contributed by atoms with Gasteiger partial charge in [0.15, 0.2) is 23.8 Å². The van der Waals surface area contributed by atoms with Crippen molar-refractivity contribution >= 4 is 17.5 Å². The number of nitrogens with one attached hydrogen (secondary N) is 3. The molecule has 0 atom stereocenters. The molecule has 2 aromatic heterocycles. The number of ether oxygens (including phenoxy) is 2. The largest absolute Gasteiger partial charge is 0.490 e. The van der Waals surface area contributed by atoms with E-state index in [2.05, 4.69) is 20.9 Å². The van der Waals surface area contributed by atoms with Crippen LogP contribution in [0.4, 0.5) is 0 Å². The summed E-state index contributed by atoms with van der Waals surface area (Å²) in [5.41, 5.74) is 6.86. The molecule has 0 aliphatic rings. The van der Waals surface area contributed by atoms with E-state index in [9.17, 15) is 14.4 Å². The van der Waals surface area contributed by atoms with E-state index in [-0.39, 0.29) is 18.6 Å². The highest BCUT2D eigenvalue weighted by Crippen LogP contribution is 2.26. The van der Waals surface area contributed by atoms with E-state index in [0.717, 1.165) is 0 Å². The van der Waals surface area contributed by atoms with Crippen LogP contribution >= 0.6 is 0 Å². The summed E-state index contributed by atoms with van der Waals surface area (Å²) in [5, 5.41) is 2.63. The number of nitrogens with zero attached hydrogens (tertiary/aromatic N) is 2. The normalized spacial score (nSPS) is 10.6. The van der Waals surface area contributed by atoms with Gasteiger partial charge in [-0.1, -0.05) is 12.1 Å². The lowest BCUT2D eigenvalue weighted by Crippen LogP contribution is -2.44. The van der Waals surface area contributed by atoms with Crippen molar-refractivity contribution in [2.24, 2.45) is 0 Å². The molecule has 3 aromatic rings. The number of fused-ring (bicyclic) bond motifs is 1. The maximum atomic E-state index is 12.3. The summed E-state index contributed by atoms with van der Waals surface area (Å²) >= 11 is 0. The average Bonchev–Trinajstić information content (AvgIpc) is 3.09. The smallest absolute Gasteiger partial charge is 0.276 e. The van der Waals surface area contributed by atoms with Crippen LogP contribution in [0, 0.1) is 13.8 Å². The minimum Gasteiger partial charge on any atom is -0.490 e. The van der Waals surface area contributed by atoms with Gasteiger partial charge in [-0.2, -0.15) is 0 Å². The number of H-pyrrole nitrogens is 1. The molecule has 0 aliphatic heterocycles. The Morgan fingerprint density at radius 3 is 2.47 bits per heavy atom. The Morgan fingerprint density at radius 1 is 1.10 bits per heavy atom. The first-order valence-corrected chi connectivity index (χ1v) is 9.39. The van der Waals surface area contributed by atoms with Crippen molar-refractivity contribution < 1.29 is 19.1 Å². The second-order valence-corrected chi connectivity index (χ2v) is 6.52. The minimum absolute atomic E-state index is 0.0187. The molecule has 3 rings (SSSR count). The molecule has 1 aromatic carbocycles. The molecule has 0 saturated carbocycles. The molecule has 2 heterocycles. The Balaban J connectivity index is 1.55. The van der Waals surface area contributed by atoms with E-state index in [1.165, 1.54) is 10.6 Å². The van der Waals surface area contributed by atoms with Crippen LogP contribution in [0.1, 0.15) is 23.9 Å². The molecule has 0 fully saturated rings. The molecule has 3 N–H and O–H groups in total. The molecule has 0 radical (unpaired) electrons. The Kier molecular flexibility index (Phi) is 6.35. The Labute approximate surface area is 172 Å². The first-order valence-electron chi connectivity index (χ1n) is 9.39. The van der Waals surface area contributed by atoms with E-state index in [1.807, 2.05) is 6.92 Å². The number of para-hydroxylation sites is 2. The van der Waals surface area contributed by atoms with Gasteiger partial charge in [0.2, 0.25) is 5.91 Å². The van der Waals surface area contributed by atoms with E-state index in [0.29, 0.717) is 40.7 Å². The Hall–Kier alpha value is -3.82. The van der Waals surface area contributed by atoms with Crippen molar-refractivity contribution in [3.05, 3.63) is 57.6 Å². The van der Waals surface area contributed by atoms with E-state index in [4.69, 9.17) is 9.47 Å². The molecule has 0 aliphatic carbocycles. The lowest BCUT2D eigenvalue weighted by Gasteiger charge is -2.13. The molecule has 0 unspecified atom stereocenters. The van der Waals surface area contributed by atoms with Crippen LogP contribution in [0.5, 0.6) is 11.5 Å². The number of carbonyl (C=O) groups excluding carboxylic acids is 2. The number of hydrazine groups is 1. The van der Waals surface area contributed by atoms with Gasteiger partial charge in [-0.3, -0.25) is 30.3 Å². The predicted octanol–water partition coefficient (Wildman–Crippen LogP) is 0.807. The van der Waals surface area contributed by atoms with Gasteiger partial charge in [0.25, 0.3) is 11.5 Å². The van der Waals surface area contributed by atoms with Crippen molar-refractivity contribution in [1.29, 1.82) is 0 Å². The van der Waals surface area contributed by atoms with Crippen molar-refractivity contribution in [2.75, 3.05) is 13.2 Å². The summed E-state index contributed by atoms with van der Waals surface area (Å²) < 4.78 is 12.4. The summed E-state index contributed by atoms with van der Waals surface area (Å²) in [5.74, 6) is 0.0206. The summed E-state index contributed by atoms with van der Waals surface area (Å²) in [7, 11) is 0. The standard InChI is InChI=1S/C20H23N5O5/c1-4-29-15-7-5-6-8-16(15)30-11-20(28)23-22-18(26)9-14-12(2)21-17-10-19(27)24-25(17)13(14)3/h5-8,10H,4,9,11H2,1-3H3,(H,22,26)(H,23,28)(H,24,27). The second kappa shape index (κ2) is 9.12. The highest BCUT2D eigenvalue weighted by molar-refractivity contribution is 5.84. The highest BCUT2D eigenvalue weighted by Gasteiger charge is 2.15. The fourth-order valence-electron chi connectivity index (χ4n) is 2.98. The molecule has 10 heteroatoms. The first kappa shape index (κ1) is 20.9. The third-order valence-corrected chi connectivity index (χ3v) is 4.39. The number of carbonyl (C=O) groups is 2. The van der Waals surface area contributed by atoms with Crippen LogP contribution in [0.25, 0.3) is 5.65 Å². The number of benzene rings is 1. The topological polar surface area (TPSA) is 127 Å². The molecule has 0 spiro atoms. The van der Waals surface area contributed by atoms with Crippen LogP contribution in [0.3, 0.4) is 0 Å². The molecule has 2 amide bonds. The van der Waals surface area contributed by atoms with Crippen molar-refractivity contribution in [3.8, 4) is 11.5 Å². The number of hydrogen-bond acceptors (Lipinski definition) is 6. The van der Waals surface area contributed by atoms with Crippen molar-refractivity contribution in [3.63, 3.8) is 0 Å². The number of amides is 2. The van der Waals surface area contributed by atoms with Gasteiger partial charge in [-0.15, -0.1) is 0 Å². The summed E-state index contributed by atoms with van der Waals surface area (Å²) in [6, 6.07) is 8.39. The SMILES string of the molecule is CCOc1ccccc1OCC(=O)NNC(=O)Cc1c(C)nc2cc(=O)[nH]n2c1C. The van der Waals surface area contributed by atoms with E-state index in [1.54, 1.807) is 38.1 Å². The van der Waals surface area contributed by atoms with E-state index >= 15 is 0 Å². The van der Waals surface area contributed by atoms with Gasteiger partial charge in [0.1, 0.15) is 0 Å². The Bertz CT molecular complexity index is 1130. The number of rotatable bonds is 7. The predicted molar refractivity (Wildman–Crippen MR) is 108 cm³/mol. The zero-order valence-electron chi connectivity index (χ0n) is 16.9. The number of hydrogen-bond donors (Lipinski definition) is 3. The summed E-state index contributed by atoms with van der Waals surface area (Å²) in [6.45, 7) is 5.57. The molecule has 158 valence electrons. The lowest BCUT2D eigenvalue weighted by molar-refractivity contribution is -0.129. The fourth-order valence-corrected chi connectivity index (χ4v) is 2.98. The van der Waals surface area contributed by atoms with Crippen LogP contribution in [-0.4, -0.2) is 39.6 Å². The van der Waals surface area contributed by atoms with Gasteiger partial charge in [0.05, 0.1) is 13.0 Å². The maximum absolute atomic E-state index is 12.3. The third-order valence-electron chi connectivity index (χ3n) is 4.39. The van der Waals surface area contributed by atoms with Crippen LogP contribution in [0.2, 0.25) is 0 Å². The number of aromatic nitrogens is 3. The second-order valence-electron chi connectivity index (χ2n) is 6.52. The maximum Gasteiger partial charge on any atom is 0.276 e. The molecule has 10 nitrogen and oxygen atoms in total. The summed E-state index contributed by atoms with van der Waals surface area (Å²) in [6.07, 6.45) is -0.0187. The van der Waals surface area contributed by atoms with Gasteiger partial charge in [0, 0.05) is 23.0 Å². The zero-order valence-corrected chi connectivity index (χ0v) is 16.9. The highest BCUT2D eigenvalue weighted by atomic mass is 16.5. The molecular formula is C20H23N5O5. The number of aryl methyl sites for hydroxylation is 2. The van der Waals surface area contributed by atoms with Crippen molar-refractivity contribution in [1.82, 2.24) is 25.4 Å². The number of aromatic amines is 1. The first-order chi connectivity index (χ1) is 14.4. The lowest BCUT2D eigenvalue weighted by atomic mass is 10.1. The minimum atomic E-state index is -0.522. The molecule has 0 bridgehead atoms. The third kappa shape index (κ3) is 4.77. The van der Waals surface area contributed by atoms with Crippen LogP contribution in [-0.2, 0) is 16.0 Å². The van der Waals surface area contributed by atoms with Gasteiger partial charge < -0.3 is 9.47 Å². The van der Waals surface area contributed by atoms with Crippen molar-refractivity contribution in [2.45, 2.75) is 27.2 Å². The quantitative estimate of drug-likeness (QED) is 0.492. The monoisotopic (exact) mass is 413 g/mol. The fraction of sp³-hybridized carbons (Fsp3) is 0.300. The van der Waals surface area contributed by atoms with Crippen LogP contribution < -0.4 is 25.9 Å². The Morgan fingerprint density at radius 2 is 1.77 bits per heavy atom. The van der Waals surface area contributed by atoms with Gasteiger partial charge in [-0.05, 0) is 32.9 Å². The van der Waals surface area contributed by atoms with Gasteiger partial charge >= 0.3 is 0 Å².